The van der Waals surface area contributed by atoms with E-state index in [-0.39, 0.29) is 12.5 Å². The van der Waals surface area contributed by atoms with Crippen molar-refractivity contribution in [2.75, 3.05) is 6.54 Å². The Hall–Kier alpha value is -1.43. The van der Waals surface area contributed by atoms with Crippen molar-refractivity contribution < 1.29 is 14.7 Å². The van der Waals surface area contributed by atoms with Gasteiger partial charge in [0.05, 0.1) is 5.01 Å². The first-order chi connectivity index (χ1) is 7.41. The summed E-state index contributed by atoms with van der Waals surface area (Å²) in [6, 6.07) is 0. The molecule has 0 unspecified atom stereocenters. The van der Waals surface area contributed by atoms with Gasteiger partial charge in [0.2, 0.25) is 0 Å². The fourth-order valence-electron chi connectivity index (χ4n) is 1.11. The van der Waals surface area contributed by atoms with Crippen molar-refractivity contribution in [3.8, 4) is 0 Å². The quantitative estimate of drug-likeness (QED) is 0.836. The molecule has 0 radical (unpaired) electrons. The summed E-state index contributed by atoms with van der Waals surface area (Å²) in [5.41, 5.74) is 0.329. The summed E-state index contributed by atoms with van der Waals surface area (Å²) in [5.74, 6) is -1.22. The Balaban J connectivity index is 2.79. The predicted molar refractivity (Wildman–Crippen MR) is 60.9 cm³/mol. The number of carbonyl (C=O) groups is 2. The highest BCUT2D eigenvalue weighted by Crippen LogP contribution is 2.23. The molecule has 6 heteroatoms. The van der Waals surface area contributed by atoms with Crippen LogP contribution in [0.2, 0.25) is 0 Å². The van der Waals surface area contributed by atoms with Crippen LogP contribution in [0.15, 0.2) is 0 Å². The van der Waals surface area contributed by atoms with Gasteiger partial charge in [0.1, 0.15) is 12.2 Å². The molecule has 0 saturated heterocycles. The topological polar surface area (TPSA) is 79.3 Å². The molecular weight excluding hydrogens is 228 g/mol. The molecule has 0 atom stereocenters. The van der Waals surface area contributed by atoms with Crippen molar-refractivity contribution in [3.05, 3.63) is 15.6 Å². The van der Waals surface area contributed by atoms with Crippen LogP contribution in [0.25, 0.3) is 0 Å². The van der Waals surface area contributed by atoms with Gasteiger partial charge in [-0.3, -0.25) is 9.59 Å². The predicted octanol–water partition coefficient (Wildman–Crippen LogP) is 1.39. The minimum absolute atomic E-state index is 0.268. The van der Waals surface area contributed by atoms with Crippen LogP contribution in [0.1, 0.15) is 40.1 Å². The van der Waals surface area contributed by atoms with Gasteiger partial charge in [-0.25, -0.2) is 4.98 Å². The first kappa shape index (κ1) is 12.6. The molecule has 1 rings (SSSR count). The van der Waals surface area contributed by atoms with Crippen molar-refractivity contribution in [1.82, 2.24) is 10.3 Å². The Morgan fingerprint density at radius 3 is 2.56 bits per heavy atom. The van der Waals surface area contributed by atoms with E-state index >= 15 is 0 Å². The molecule has 88 valence electrons. The summed E-state index contributed by atoms with van der Waals surface area (Å²) in [7, 11) is 0. The number of rotatable bonds is 4. The SMILES string of the molecule is Cc1sc(C(C)C)nc1C(=O)NCC(=O)O. The number of nitrogens with one attached hydrogen (secondary N) is 1. The third-order valence-electron chi connectivity index (χ3n) is 1.92. The Morgan fingerprint density at radius 2 is 2.12 bits per heavy atom. The van der Waals surface area contributed by atoms with Gasteiger partial charge < -0.3 is 10.4 Å². The van der Waals surface area contributed by atoms with Gasteiger partial charge in [-0.1, -0.05) is 13.8 Å². The number of hydrogen-bond donors (Lipinski definition) is 2. The van der Waals surface area contributed by atoms with Crippen LogP contribution in [0.4, 0.5) is 0 Å². The molecule has 0 spiro atoms. The second kappa shape index (κ2) is 5.07. The standard InChI is InChI=1S/C10H14N2O3S/c1-5(2)10-12-8(6(3)16-10)9(15)11-4-7(13)14/h5H,4H2,1-3H3,(H,11,15)(H,13,14). The fourth-order valence-corrected chi connectivity index (χ4v) is 2.04. The Kier molecular flexibility index (Phi) is 4.00. The van der Waals surface area contributed by atoms with Crippen molar-refractivity contribution >= 4 is 23.2 Å². The number of nitrogens with zero attached hydrogens (tertiary/aromatic N) is 1. The van der Waals surface area contributed by atoms with Gasteiger partial charge in [0, 0.05) is 10.8 Å². The van der Waals surface area contributed by atoms with Crippen molar-refractivity contribution in [1.29, 1.82) is 0 Å². The summed E-state index contributed by atoms with van der Waals surface area (Å²) >= 11 is 1.47. The normalized spacial score (nSPS) is 10.5. The zero-order valence-electron chi connectivity index (χ0n) is 9.40. The molecule has 16 heavy (non-hydrogen) atoms. The van der Waals surface area contributed by atoms with Crippen LogP contribution in [0.5, 0.6) is 0 Å². The molecule has 0 fully saturated rings. The lowest BCUT2D eigenvalue weighted by Gasteiger charge is -1.99. The van der Waals surface area contributed by atoms with Crippen molar-refractivity contribution in [2.24, 2.45) is 0 Å². The molecule has 0 aliphatic heterocycles. The molecule has 0 aliphatic rings. The van der Waals surface area contributed by atoms with E-state index in [4.69, 9.17) is 5.11 Å². The van der Waals surface area contributed by atoms with Crippen molar-refractivity contribution in [2.45, 2.75) is 26.7 Å². The number of aromatic nitrogens is 1. The van der Waals surface area contributed by atoms with Gasteiger partial charge in [0.25, 0.3) is 5.91 Å². The van der Waals surface area contributed by atoms with E-state index < -0.39 is 11.9 Å². The van der Waals surface area contributed by atoms with Crippen LogP contribution < -0.4 is 5.32 Å². The summed E-state index contributed by atoms with van der Waals surface area (Å²) in [5, 5.41) is 11.6. The molecule has 5 nitrogen and oxygen atoms in total. The molecule has 1 aromatic rings. The summed E-state index contributed by atoms with van der Waals surface area (Å²) in [4.78, 5) is 26.9. The molecule has 1 amide bonds. The number of carbonyl (C=O) groups excluding carboxylic acids is 1. The number of amides is 1. The summed E-state index contributed by atoms with van der Waals surface area (Å²) in [6.07, 6.45) is 0. The number of aliphatic carboxylic acids is 1. The third kappa shape index (κ3) is 3.03. The first-order valence-electron chi connectivity index (χ1n) is 4.89. The highest BCUT2D eigenvalue weighted by Gasteiger charge is 2.17. The first-order valence-corrected chi connectivity index (χ1v) is 5.70. The molecule has 0 aromatic carbocycles. The largest absolute Gasteiger partial charge is 0.480 e. The number of hydrogen-bond acceptors (Lipinski definition) is 4. The molecule has 0 saturated carbocycles. The number of carboxylic acids is 1. The second-order valence-corrected chi connectivity index (χ2v) is 4.92. The lowest BCUT2D eigenvalue weighted by Crippen LogP contribution is -2.29. The third-order valence-corrected chi connectivity index (χ3v) is 3.19. The van der Waals surface area contributed by atoms with E-state index in [0.717, 1.165) is 9.88 Å². The lowest BCUT2D eigenvalue weighted by atomic mass is 10.2. The van der Waals surface area contributed by atoms with Gasteiger partial charge in [-0.2, -0.15) is 0 Å². The molecule has 0 aliphatic carbocycles. The van der Waals surface area contributed by atoms with E-state index in [9.17, 15) is 9.59 Å². The highest BCUT2D eigenvalue weighted by atomic mass is 32.1. The zero-order chi connectivity index (χ0) is 12.3. The summed E-state index contributed by atoms with van der Waals surface area (Å²) < 4.78 is 0. The summed E-state index contributed by atoms with van der Waals surface area (Å²) in [6.45, 7) is 5.42. The number of carboxylic acid groups (broad SMARTS) is 1. The molecule has 1 aromatic heterocycles. The molecule has 2 N–H and O–H groups in total. The van der Waals surface area contributed by atoms with Crippen LogP contribution >= 0.6 is 11.3 Å². The smallest absolute Gasteiger partial charge is 0.322 e. The number of thiazole rings is 1. The van der Waals surface area contributed by atoms with Crippen molar-refractivity contribution in [3.63, 3.8) is 0 Å². The second-order valence-electron chi connectivity index (χ2n) is 3.69. The maximum atomic E-state index is 11.6. The average Bonchev–Trinajstić information content (AvgIpc) is 2.57. The minimum atomic E-state index is -1.06. The Bertz CT molecular complexity index is 412. The van der Waals surface area contributed by atoms with Crippen LogP contribution in [0, 0.1) is 6.92 Å². The molecule has 0 bridgehead atoms. The highest BCUT2D eigenvalue weighted by molar-refractivity contribution is 7.12. The Labute approximate surface area is 97.5 Å². The monoisotopic (exact) mass is 242 g/mol. The molecular formula is C10H14N2O3S. The maximum Gasteiger partial charge on any atom is 0.322 e. The van der Waals surface area contributed by atoms with E-state index in [1.54, 1.807) is 6.92 Å². The average molecular weight is 242 g/mol. The Morgan fingerprint density at radius 1 is 1.50 bits per heavy atom. The fraction of sp³-hybridized carbons (Fsp3) is 0.500. The van der Waals surface area contributed by atoms with Gasteiger partial charge in [-0.05, 0) is 6.92 Å². The minimum Gasteiger partial charge on any atom is -0.480 e. The van der Waals surface area contributed by atoms with Gasteiger partial charge in [-0.15, -0.1) is 11.3 Å². The zero-order valence-corrected chi connectivity index (χ0v) is 10.2. The van der Waals surface area contributed by atoms with Gasteiger partial charge >= 0.3 is 5.97 Å². The van der Waals surface area contributed by atoms with E-state index in [0.29, 0.717) is 5.69 Å². The van der Waals surface area contributed by atoms with E-state index in [1.165, 1.54) is 11.3 Å². The van der Waals surface area contributed by atoms with Crippen LogP contribution in [0.3, 0.4) is 0 Å². The van der Waals surface area contributed by atoms with E-state index in [2.05, 4.69) is 10.3 Å². The molecule has 1 heterocycles. The van der Waals surface area contributed by atoms with E-state index in [1.807, 2.05) is 13.8 Å². The lowest BCUT2D eigenvalue weighted by molar-refractivity contribution is -0.135. The van der Waals surface area contributed by atoms with Gasteiger partial charge in [0.15, 0.2) is 0 Å². The number of aryl methyl sites for hydroxylation is 1. The maximum absolute atomic E-state index is 11.6. The van der Waals surface area contributed by atoms with Crippen LogP contribution in [-0.2, 0) is 4.79 Å². The van der Waals surface area contributed by atoms with Crippen LogP contribution in [-0.4, -0.2) is 28.5 Å².